The van der Waals surface area contributed by atoms with Crippen molar-refractivity contribution < 1.29 is 9.53 Å². The Kier molecular flexibility index (Phi) is 3.56. The lowest BCUT2D eigenvalue weighted by Crippen LogP contribution is -2.35. The molecular weight excluding hydrogens is 320 g/mol. The van der Waals surface area contributed by atoms with E-state index in [1.807, 2.05) is 24.3 Å². The van der Waals surface area contributed by atoms with Gasteiger partial charge in [-0.15, -0.1) is 11.3 Å². The molecule has 0 spiro atoms. The molecule has 2 aliphatic heterocycles. The summed E-state index contributed by atoms with van der Waals surface area (Å²) in [4.78, 5) is 15.4. The molecule has 1 N–H and O–H groups in total. The molecular formula is C16H15ClN2O2S. The second kappa shape index (κ2) is 5.57. The average Bonchev–Trinajstić information content (AvgIpc) is 3.10. The van der Waals surface area contributed by atoms with Gasteiger partial charge in [0, 0.05) is 23.7 Å². The number of amides is 1. The highest BCUT2D eigenvalue weighted by Crippen LogP contribution is 2.40. The molecule has 4 rings (SSSR count). The first kappa shape index (κ1) is 14.1. The molecule has 1 amide bonds. The maximum atomic E-state index is 12.2. The molecule has 2 aliphatic rings. The molecule has 0 radical (unpaired) electrons. The van der Waals surface area contributed by atoms with Gasteiger partial charge in [0.1, 0.15) is 0 Å². The van der Waals surface area contributed by atoms with Crippen LogP contribution in [0.1, 0.15) is 26.8 Å². The number of ether oxygens (including phenoxy) is 1. The smallest absolute Gasteiger partial charge is 0.262 e. The van der Waals surface area contributed by atoms with Crippen LogP contribution in [0, 0.1) is 0 Å². The molecule has 1 fully saturated rings. The number of carbonyl (C=O) groups excluding carboxylic acids is 1. The van der Waals surface area contributed by atoms with Crippen LogP contribution in [0.25, 0.3) is 0 Å². The summed E-state index contributed by atoms with van der Waals surface area (Å²) in [5.74, 6) is 0.0134. The highest BCUT2D eigenvalue weighted by molar-refractivity contribution is 7.18. The van der Waals surface area contributed by atoms with Crippen molar-refractivity contribution in [1.29, 1.82) is 0 Å². The largest absolute Gasteiger partial charge is 0.378 e. The molecule has 4 nitrogen and oxygen atoms in total. The van der Waals surface area contributed by atoms with Crippen LogP contribution in [0.2, 0.25) is 5.02 Å². The van der Waals surface area contributed by atoms with Crippen LogP contribution in [0.5, 0.6) is 0 Å². The average molecular weight is 335 g/mol. The molecule has 1 aromatic heterocycles. The third-order valence-electron chi connectivity index (χ3n) is 4.07. The molecule has 22 heavy (non-hydrogen) atoms. The van der Waals surface area contributed by atoms with E-state index in [1.165, 1.54) is 0 Å². The van der Waals surface area contributed by atoms with E-state index in [0.717, 1.165) is 47.3 Å². The third-order valence-corrected chi connectivity index (χ3v) is 5.53. The van der Waals surface area contributed by atoms with Crippen molar-refractivity contribution >= 4 is 33.8 Å². The van der Waals surface area contributed by atoms with Crippen molar-refractivity contribution in [3.05, 3.63) is 51.4 Å². The van der Waals surface area contributed by atoms with Gasteiger partial charge in [0.15, 0.2) is 0 Å². The Hall–Kier alpha value is -1.56. The lowest BCUT2D eigenvalue weighted by Gasteiger charge is -2.27. The van der Waals surface area contributed by atoms with Gasteiger partial charge in [-0.2, -0.15) is 0 Å². The van der Waals surface area contributed by atoms with E-state index in [9.17, 15) is 4.79 Å². The second-order valence-corrected chi connectivity index (χ2v) is 6.89. The fourth-order valence-electron chi connectivity index (χ4n) is 2.92. The van der Waals surface area contributed by atoms with Gasteiger partial charge in [-0.3, -0.25) is 4.79 Å². The van der Waals surface area contributed by atoms with Gasteiger partial charge in [0.2, 0.25) is 0 Å². The van der Waals surface area contributed by atoms with Crippen LogP contribution in [0.15, 0.2) is 30.3 Å². The van der Waals surface area contributed by atoms with E-state index in [4.69, 9.17) is 16.3 Å². The van der Waals surface area contributed by atoms with Crippen LogP contribution >= 0.6 is 22.9 Å². The topological polar surface area (TPSA) is 41.6 Å². The zero-order chi connectivity index (χ0) is 15.1. The zero-order valence-electron chi connectivity index (χ0n) is 11.8. The Balaban J connectivity index is 1.67. The second-order valence-electron chi connectivity index (χ2n) is 5.43. The van der Waals surface area contributed by atoms with Crippen molar-refractivity contribution in [1.82, 2.24) is 5.32 Å². The van der Waals surface area contributed by atoms with Crippen LogP contribution in [0.3, 0.4) is 0 Å². The van der Waals surface area contributed by atoms with Gasteiger partial charge < -0.3 is 15.0 Å². The van der Waals surface area contributed by atoms with Crippen LogP contribution < -0.4 is 10.2 Å². The number of carbonyl (C=O) groups is 1. The van der Waals surface area contributed by atoms with Crippen molar-refractivity contribution in [3.63, 3.8) is 0 Å². The highest BCUT2D eigenvalue weighted by atomic mass is 35.5. The van der Waals surface area contributed by atoms with Crippen LogP contribution in [-0.4, -0.2) is 32.2 Å². The SMILES string of the molecule is O=C1NC(c2ccc(Cl)cc2)c2cc(N3CCOCC3)sc21. The Morgan fingerprint density at radius 2 is 1.95 bits per heavy atom. The van der Waals surface area contributed by atoms with E-state index < -0.39 is 0 Å². The molecule has 0 saturated carbocycles. The number of anilines is 1. The summed E-state index contributed by atoms with van der Waals surface area (Å²) >= 11 is 7.52. The van der Waals surface area contributed by atoms with Gasteiger partial charge in [-0.25, -0.2) is 0 Å². The Bertz CT molecular complexity index is 707. The summed E-state index contributed by atoms with van der Waals surface area (Å²) in [7, 11) is 0. The van der Waals surface area contributed by atoms with E-state index in [-0.39, 0.29) is 11.9 Å². The summed E-state index contributed by atoms with van der Waals surface area (Å²) in [5.41, 5.74) is 2.13. The first-order chi connectivity index (χ1) is 10.7. The maximum absolute atomic E-state index is 12.2. The lowest BCUT2D eigenvalue weighted by molar-refractivity contribution is 0.0963. The first-order valence-electron chi connectivity index (χ1n) is 7.25. The Labute approximate surface area is 137 Å². The van der Waals surface area contributed by atoms with Crippen LogP contribution in [0.4, 0.5) is 5.00 Å². The number of nitrogens with zero attached hydrogens (tertiary/aromatic N) is 1. The molecule has 0 bridgehead atoms. The summed E-state index contributed by atoms with van der Waals surface area (Å²) < 4.78 is 5.39. The monoisotopic (exact) mass is 334 g/mol. The predicted octanol–water partition coefficient (Wildman–Crippen LogP) is 3.07. The third kappa shape index (κ3) is 2.39. The molecule has 6 heteroatoms. The number of benzene rings is 1. The van der Waals surface area contributed by atoms with E-state index in [0.29, 0.717) is 5.02 Å². The first-order valence-corrected chi connectivity index (χ1v) is 8.44. The van der Waals surface area contributed by atoms with Gasteiger partial charge in [-0.05, 0) is 23.8 Å². The minimum absolute atomic E-state index is 0.0134. The number of fused-ring (bicyclic) bond motifs is 1. The number of halogens is 1. The van der Waals surface area contributed by atoms with Gasteiger partial charge in [0.05, 0.1) is 29.1 Å². The standard InChI is InChI=1S/C16H15ClN2O2S/c17-11-3-1-10(2-4-11)14-12-9-13(19-5-7-21-8-6-19)22-15(12)16(20)18-14/h1-4,9,14H,5-8H2,(H,18,20). The number of rotatable bonds is 2. The van der Waals surface area contributed by atoms with Crippen molar-refractivity contribution in [2.45, 2.75) is 6.04 Å². The number of thiophene rings is 1. The number of nitrogens with one attached hydrogen (secondary N) is 1. The molecule has 1 atom stereocenters. The number of hydrogen-bond donors (Lipinski definition) is 1. The molecule has 1 unspecified atom stereocenters. The van der Waals surface area contributed by atoms with Gasteiger partial charge >= 0.3 is 0 Å². The molecule has 0 aliphatic carbocycles. The minimum Gasteiger partial charge on any atom is -0.378 e. The molecule has 1 saturated heterocycles. The van der Waals surface area contributed by atoms with E-state index >= 15 is 0 Å². The normalized spacial score (nSPS) is 20.9. The predicted molar refractivity (Wildman–Crippen MR) is 88.1 cm³/mol. The summed E-state index contributed by atoms with van der Waals surface area (Å²) in [6, 6.07) is 9.71. The van der Waals surface area contributed by atoms with Gasteiger partial charge in [0.25, 0.3) is 5.91 Å². The quantitative estimate of drug-likeness (QED) is 0.917. The highest BCUT2D eigenvalue weighted by Gasteiger charge is 2.33. The summed E-state index contributed by atoms with van der Waals surface area (Å²) in [5, 5.41) is 4.91. The zero-order valence-corrected chi connectivity index (χ0v) is 13.4. The molecule has 3 heterocycles. The van der Waals surface area contributed by atoms with E-state index in [2.05, 4.69) is 16.3 Å². The Morgan fingerprint density at radius 3 is 2.68 bits per heavy atom. The fourth-order valence-corrected chi connectivity index (χ4v) is 4.19. The maximum Gasteiger partial charge on any atom is 0.262 e. The fraction of sp³-hybridized carbons (Fsp3) is 0.312. The summed E-state index contributed by atoms with van der Waals surface area (Å²) in [6.07, 6.45) is 0. The lowest BCUT2D eigenvalue weighted by atomic mass is 10.0. The molecule has 2 aromatic rings. The van der Waals surface area contributed by atoms with Crippen molar-refractivity contribution in [3.8, 4) is 0 Å². The molecule has 1 aromatic carbocycles. The van der Waals surface area contributed by atoms with Crippen molar-refractivity contribution in [2.75, 3.05) is 31.2 Å². The number of hydrogen-bond acceptors (Lipinski definition) is 4. The van der Waals surface area contributed by atoms with Crippen molar-refractivity contribution in [2.24, 2.45) is 0 Å². The minimum atomic E-state index is -0.0780. The summed E-state index contributed by atoms with van der Waals surface area (Å²) in [6.45, 7) is 3.25. The number of morpholine rings is 1. The molecule has 114 valence electrons. The Morgan fingerprint density at radius 1 is 1.23 bits per heavy atom. The van der Waals surface area contributed by atoms with E-state index in [1.54, 1.807) is 11.3 Å². The van der Waals surface area contributed by atoms with Crippen LogP contribution in [-0.2, 0) is 4.74 Å². The van der Waals surface area contributed by atoms with Gasteiger partial charge in [-0.1, -0.05) is 23.7 Å².